The molecular weight excluding hydrogens is 440 g/mol. The Morgan fingerprint density at radius 2 is 2.31 bits per heavy atom. The minimum atomic E-state index is -0.590. The van der Waals surface area contributed by atoms with E-state index in [4.69, 9.17) is 5.73 Å². The second-order valence-electron chi connectivity index (χ2n) is 7.22. The van der Waals surface area contributed by atoms with Crippen LogP contribution in [0.3, 0.4) is 0 Å². The van der Waals surface area contributed by atoms with Gasteiger partial charge in [-0.1, -0.05) is 23.0 Å². The zero-order chi connectivity index (χ0) is 22.7. The third-order valence-electron chi connectivity index (χ3n) is 5.12. The molecule has 0 radical (unpaired) electrons. The average Bonchev–Trinajstić information content (AvgIpc) is 3.49. The Morgan fingerprint density at radius 3 is 3.00 bits per heavy atom. The number of nitrogens with one attached hydrogen (secondary N) is 1. The van der Waals surface area contributed by atoms with Crippen molar-refractivity contribution in [2.45, 2.75) is 38.8 Å². The first kappa shape index (κ1) is 21.5. The first-order valence-electron chi connectivity index (χ1n) is 9.78. The van der Waals surface area contributed by atoms with Crippen LogP contribution in [0.5, 0.6) is 0 Å². The Hall–Kier alpha value is -3.72. The maximum absolute atomic E-state index is 12.8. The standard InChI is InChI=1S/C17H20N10O4S/c1-10-4-2-3-7-25(10)9-12-14(20-24-26(12)16-15(18)22-31-23-16)17(28)21-19-8-11-5-6-13(32-11)27(29)30/h5-6,8,10H,2-4,7,9H2,1H3,(H2,18,22)(H,21,28)/b19-8+/t10-/m1/s1. The van der Waals surface area contributed by atoms with E-state index in [1.54, 1.807) is 0 Å². The molecule has 1 fully saturated rings. The number of piperidine rings is 1. The largest absolute Gasteiger partial charge is 0.378 e. The first-order chi connectivity index (χ1) is 15.4. The quantitative estimate of drug-likeness (QED) is 0.296. The number of nitro groups is 1. The summed E-state index contributed by atoms with van der Waals surface area (Å²) in [5.41, 5.74) is 8.73. The molecule has 1 atom stereocenters. The summed E-state index contributed by atoms with van der Waals surface area (Å²) >= 11 is 0.941. The molecule has 0 aliphatic carbocycles. The molecule has 0 spiro atoms. The summed E-state index contributed by atoms with van der Waals surface area (Å²) in [5, 5.41) is 30.0. The number of hydrogen-bond acceptors (Lipinski definition) is 12. The molecular formula is C17H20N10O4S. The highest BCUT2D eigenvalue weighted by molar-refractivity contribution is 7.16. The lowest BCUT2D eigenvalue weighted by Crippen LogP contribution is -2.38. The van der Waals surface area contributed by atoms with Gasteiger partial charge in [0.2, 0.25) is 11.6 Å². The molecule has 3 aromatic rings. The second-order valence-corrected chi connectivity index (χ2v) is 8.31. The smallest absolute Gasteiger partial charge is 0.324 e. The lowest BCUT2D eigenvalue weighted by molar-refractivity contribution is -0.380. The number of thiophene rings is 1. The number of carbonyl (C=O) groups is 1. The van der Waals surface area contributed by atoms with E-state index in [9.17, 15) is 14.9 Å². The fourth-order valence-electron chi connectivity index (χ4n) is 3.43. The van der Waals surface area contributed by atoms with Crippen molar-refractivity contribution in [3.8, 4) is 5.82 Å². The zero-order valence-electron chi connectivity index (χ0n) is 17.0. The summed E-state index contributed by atoms with van der Waals surface area (Å²) in [7, 11) is 0. The van der Waals surface area contributed by atoms with Gasteiger partial charge in [0.05, 0.1) is 21.7 Å². The van der Waals surface area contributed by atoms with Gasteiger partial charge in [-0.2, -0.15) is 9.78 Å². The summed E-state index contributed by atoms with van der Waals surface area (Å²) in [5.74, 6) is -0.425. The van der Waals surface area contributed by atoms with E-state index in [1.807, 2.05) is 0 Å². The molecule has 168 valence electrons. The molecule has 0 aromatic carbocycles. The molecule has 14 nitrogen and oxygen atoms in total. The van der Waals surface area contributed by atoms with Crippen molar-refractivity contribution in [2.75, 3.05) is 12.3 Å². The SMILES string of the molecule is C[C@@H]1CCCCN1Cc1c(C(=O)N/N=C/c2ccc([N+](=O)[O-])s2)nnn1-c1nonc1N. The van der Waals surface area contributed by atoms with E-state index >= 15 is 0 Å². The van der Waals surface area contributed by atoms with E-state index in [2.05, 4.69) is 47.6 Å². The predicted octanol–water partition coefficient (Wildman–Crippen LogP) is 1.34. The van der Waals surface area contributed by atoms with Crippen LogP contribution in [-0.4, -0.2) is 59.8 Å². The number of hydrogen-bond donors (Lipinski definition) is 2. The monoisotopic (exact) mass is 460 g/mol. The van der Waals surface area contributed by atoms with Gasteiger partial charge in [0.25, 0.3) is 5.91 Å². The molecule has 3 N–H and O–H groups in total. The normalized spacial score (nSPS) is 17.1. The van der Waals surface area contributed by atoms with Crippen molar-refractivity contribution >= 4 is 34.3 Å². The lowest BCUT2D eigenvalue weighted by Gasteiger charge is -2.33. The first-order valence-corrected chi connectivity index (χ1v) is 10.6. The maximum Gasteiger partial charge on any atom is 0.324 e. The van der Waals surface area contributed by atoms with Crippen LogP contribution in [-0.2, 0) is 6.54 Å². The average molecular weight is 460 g/mol. The number of rotatable bonds is 7. The second kappa shape index (κ2) is 9.19. The summed E-state index contributed by atoms with van der Waals surface area (Å²) in [6.07, 6.45) is 4.58. The van der Waals surface area contributed by atoms with Crippen LogP contribution < -0.4 is 11.2 Å². The van der Waals surface area contributed by atoms with Gasteiger partial charge in [0.1, 0.15) is 0 Å². The van der Waals surface area contributed by atoms with E-state index in [0.29, 0.717) is 23.2 Å². The highest BCUT2D eigenvalue weighted by Gasteiger charge is 2.28. The van der Waals surface area contributed by atoms with Gasteiger partial charge in [0.15, 0.2) is 5.69 Å². The Kier molecular flexibility index (Phi) is 6.18. The van der Waals surface area contributed by atoms with Crippen molar-refractivity contribution < 1.29 is 14.3 Å². The molecule has 1 aliphatic rings. The Bertz CT molecular complexity index is 1150. The van der Waals surface area contributed by atoms with Gasteiger partial charge in [-0.05, 0) is 42.7 Å². The van der Waals surface area contributed by atoms with Crippen LogP contribution in [0.15, 0.2) is 21.9 Å². The molecule has 0 bridgehead atoms. The van der Waals surface area contributed by atoms with Crippen LogP contribution in [0.1, 0.15) is 47.2 Å². The van der Waals surface area contributed by atoms with Crippen molar-refractivity contribution in [3.63, 3.8) is 0 Å². The molecule has 0 unspecified atom stereocenters. The lowest BCUT2D eigenvalue weighted by atomic mass is 10.0. The van der Waals surface area contributed by atoms with E-state index < -0.39 is 10.8 Å². The van der Waals surface area contributed by atoms with Crippen molar-refractivity contribution in [1.29, 1.82) is 0 Å². The number of likely N-dealkylation sites (tertiary alicyclic amines) is 1. The van der Waals surface area contributed by atoms with E-state index in [-0.39, 0.29) is 22.3 Å². The van der Waals surface area contributed by atoms with Crippen molar-refractivity contribution in [2.24, 2.45) is 5.10 Å². The van der Waals surface area contributed by atoms with Gasteiger partial charge in [-0.25, -0.2) is 10.1 Å². The molecule has 1 amide bonds. The summed E-state index contributed by atoms with van der Waals surface area (Å²) < 4.78 is 6.01. The van der Waals surface area contributed by atoms with Crippen LogP contribution in [0.2, 0.25) is 0 Å². The van der Waals surface area contributed by atoms with Crippen LogP contribution in [0.25, 0.3) is 5.82 Å². The van der Waals surface area contributed by atoms with Gasteiger partial charge < -0.3 is 5.73 Å². The number of amides is 1. The molecule has 0 saturated carbocycles. The van der Waals surface area contributed by atoms with Crippen LogP contribution in [0.4, 0.5) is 10.8 Å². The molecule has 4 rings (SSSR count). The molecule has 15 heteroatoms. The fraction of sp³-hybridized carbons (Fsp3) is 0.412. The number of nitrogens with zero attached hydrogens (tertiary/aromatic N) is 8. The summed E-state index contributed by atoms with van der Waals surface area (Å²) in [4.78, 5) is 25.8. The van der Waals surface area contributed by atoms with Gasteiger partial charge in [-0.3, -0.25) is 19.8 Å². The highest BCUT2D eigenvalue weighted by Crippen LogP contribution is 2.23. The number of anilines is 1. The molecule has 1 aliphatic heterocycles. The molecule has 32 heavy (non-hydrogen) atoms. The van der Waals surface area contributed by atoms with E-state index in [0.717, 1.165) is 37.1 Å². The van der Waals surface area contributed by atoms with Gasteiger partial charge in [-0.15, -0.1) is 5.10 Å². The predicted molar refractivity (Wildman–Crippen MR) is 113 cm³/mol. The Morgan fingerprint density at radius 1 is 1.47 bits per heavy atom. The minimum absolute atomic E-state index is 0.0162. The number of nitrogens with two attached hydrogens (primary N) is 1. The van der Waals surface area contributed by atoms with E-state index in [1.165, 1.54) is 23.0 Å². The number of aromatic nitrogens is 5. The topological polar surface area (TPSA) is 183 Å². The third kappa shape index (κ3) is 4.47. The van der Waals surface area contributed by atoms with Crippen molar-refractivity contribution in [1.82, 2.24) is 35.6 Å². The fourth-order valence-corrected chi connectivity index (χ4v) is 4.12. The number of hydrazone groups is 1. The van der Waals surface area contributed by atoms with Crippen LogP contribution >= 0.6 is 11.3 Å². The molecule has 3 aromatic heterocycles. The maximum atomic E-state index is 12.8. The number of carbonyl (C=O) groups excluding carboxylic acids is 1. The Labute approximate surface area is 185 Å². The summed E-state index contributed by atoms with van der Waals surface area (Å²) in [6, 6.07) is 3.23. The van der Waals surface area contributed by atoms with Crippen molar-refractivity contribution in [3.05, 3.63) is 38.5 Å². The number of nitrogen functional groups attached to an aromatic ring is 1. The van der Waals surface area contributed by atoms with Crippen LogP contribution in [0, 0.1) is 10.1 Å². The zero-order valence-corrected chi connectivity index (χ0v) is 17.9. The highest BCUT2D eigenvalue weighted by atomic mass is 32.1. The van der Waals surface area contributed by atoms with Gasteiger partial charge in [0, 0.05) is 18.7 Å². The minimum Gasteiger partial charge on any atom is -0.378 e. The Balaban J connectivity index is 1.57. The van der Waals surface area contributed by atoms with Gasteiger partial charge >= 0.3 is 5.00 Å². The summed E-state index contributed by atoms with van der Waals surface area (Å²) in [6.45, 7) is 3.39. The molecule has 4 heterocycles. The molecule has 1 saturated heterocycles. The third-order valence-corrected chi connectivity index (χ3v) is 6.09.